The van der Waals surface area contributed by atoms with E-state index in [-0.39, 0.29) is 6.04 Å². The van der Waals surface area contributed by atoms with Gasteiger partial charge in [-0.3, -0.25) is 0 Å². The lowest BCUT2D eigenvalue weighted by molar-refractivity contribution is -0.202. The lowest BCUT2D eigenvalue weighted by Crippen LogP contribution is -2.39. The lowest BCUT2D eigenvalue weighted by Gasteiger charge is -2.19. The highest BCUT2D eigenvalue weighted by Gasteiger charge is 2.37. The van der Waals surface area contributed by atoms with E-state index >= 15 is 0 Å². The van der Waals surface area contributed by atoms with E-state index in [2.05, 4.69) is 19.2 Å². The van der Waals surface area contributed by atoms with E-state index in [1.165, 1.54) is 5.56 Å². The topological polar surface area (TPSA) is 32.3 Å². The highest BCUT2D eigenvalue weighted by Crippen LogP contribution is 2.21. The Morgan fingerprint density at radius 2 is 1.53 bits per heavy atom. The first kappa shape index (κ1) is 16.0. The van der Waals surface area contributed by atoms with E-state index in [1.807, 2.05) is 24.3 Å². The van der Waals surface area contributed by atoms with Gasteiger partial charge in [0.1, 0.15) is 0 Å². The Labute approximate surface area is 111 Å². The van der Waals surface area contributed by atoms with Crippen molar-refractivity contribution in [2.24, 2.45) is 0 Å². The zero-order valence-electron chi connectivity index (χ0n) is 11.3. The van der Waals surface area contributed by atoms with Gasteiger partial charge in [0.2, 0.25) is 0 Å². The van der Waals surface area contributed by atoms with Crippen molar-refractivity contribution >= 4 is 0 Å². The van der Waals surface area contributed by atoms with Crippen LogP contribution in [-0.4, -0.2) is 23.9 Å². The first-order valence-electron chi connectivity index (χ1n) is 6.30. The van der Waals surface area contributed by atoms with E-state index in [4.69, 9.17) is 5.11 Å². The predicted octanol–water partition coefficient (Wildman–Crippen LogP) is 3.38. The number of hydrogen-bond donors (Lipinski definition) is 2. The predicted molar refractivity (Wildman–Crippen MR) is 69.0 cm³/mol. The van der Waals surface area contributed by atoms with Gasteiger partial charge in [0, 0.05) is 12.6 Å². The van der Waals surface area contributed by atoms with Crippen LogP contribution >= 0.6 is 0 Å². The molecule has 1 rings (SSSR count). The number of benzene rings is 1. The first-order valence-corrected chi connectivity index (χ1v) is 6.30. The second kappa shape index (κ2) is 6.39. The maximum Gasteiger partial charge on any atom is 0.415 e. The quantitative estimate of drug-likeness (QED) is 0.863. The standard InChI is InChI=1S/C14H20F3NO/c1-9(2)11-4-6-12(7-5-11)10(3)18-8-13(19)14(15,16)17/h4-7,9-10,13,18-19H,8H2,1-3H3. The van der Waals surface area contributed by atoms with Crippen molar-refractivity contribution in [3.05, 3.63) is 35.4 Å². The summed E-state index contributed by atoms with van der Waals surface area (Å²) < 4.78 is 36.5. The van der Waals surface area contributed by atoms with Gasteiger partial charge < -0.3 is 10.4 Å². The molecule has 2 unspecified atom stereocenters. The summed E-state index contributed by atoms with van der Waals surface area (Å²) in [5.74, 6) is 0.421. The molecule has 0 aromatic heterocycles. The molecule has 1 aromatic carbocycles. The summed E-state index contributed by atoms with van der Waals surface area (Å²) in [6, 6.07) is 7.50. The molecule has 2 nitrogen and oxygen atoms in total. The van der Waals surface area contributed by atoms with Crippen molar-refractivity contribution in [3.63, 3.8) is 0 Å². The molecule has 0 radical (unpaired) electrons. The number of alkyl halides is 3. The van der Waals surface area contributed by atoms with Crippen LogP contribution in [-0.2, 0) is 0 Å². The fraction of sp³-hybridized carbons (Fsp3) is 0.571. The molecule has 0 heterocycles. The van der Waals surface area contributed by atoms with E-state index in [1.54, 1.807) is 6.92 Å². The Kier molecular flexibility index (Phi) is 5.38. The molecule has 108 valence electrons. The Morgan fingerprint density at radius 3 is 1.95 bits per heavy atom. The van der Waals surface area contributed by atoms with Gasteiger partial charge in [-0.05, 0) is 24.0 Å². The minimum Gasteiger partial charge on any atom is -0.382 e. The van der Waals surface area contributed by atoms with Crippen molar-refractivity contribution in [3.8, 4) is 0 Å². The molecule has 0 aliphatic rings. The van der Waals surface area contributed by atoms with E-state index in [0.717, 1.165) is 5.56 Å². The normalized spacial score (nSPS) is 15.6. The molecule has 2 atom stereocenters. The van der Waals surface area contributed by atoms with Crippen LogP contribution in [0.2, 0.25) is 0 Å². The molecule has 0 aliphatic heterocycles. The number of aliphatic hydroxyl groups is 1. The van der Waals surface area contributed by atoms with Crippen molar-refractivity contribution in [2.75, 3.05) is 6.54 Å². The summed E-state index contributed by atoms with van der Waals surface area (Å²) >= 11 is 0. The van der Waals surface area contributed by atoms with Crippen molar-refractivity contribution < 1.29 is 18.3 Å². The maximum atomic E-state index is 12.2. The number of halogens is 3. The van der Waals surface area contributed by atoms with Crippen LogP contribution in [0.5, 0.6) is 0 Å². The van der Waals surface area contributed by atoms with Crippen LogP contribution < -0.4 is 5.32 Å². The van der Waals surface area contributed by atoms with Crippen LogP contribution in [0, 0.1) is 0 Å². The summed E-state index contributed by atoms with van der Waals surface area (Å²) in [6.45, 7) is 5.43. The first-order chi connectivity index (χ1) is 8.71. The van der Waals surface area contributed by atoms with Crippen LogP contribution in [0.25, 0.3) is 0 Å². The zero-order chi connectivity index (χ0) is 14.6. The maximum absolute atomic E-state index is 12.2. The fourth-order valence-corrected chi connectivity index (χ4v) is 1.69. The van der Waals surface area contributed by atoms with Crippen LogP contribution in [0.3, 0.4) is 0 Å². The Bertz CT molecular complexity index is 387. The average Bonchev–Trinajstić information content (AvgIpc) is 2.34. The molecule has 0 fully saturated rings. The van der Waals surface area contributed by atoms with E-state index < -0.39 is 18.8 Å². The molecular formula is C14H20F3NO. The van der Waals surface area contributed by atoms with Gasteiger partial charge in [-0.2, -0.15) is 13.2 Å². The molecule has 19 heavy (non-hydrogen) atoms. The molecular weight excluding hydrogens is 255 g/mol. The van der Waals surface area contributed by atoms with Gasteiger partial charge in [0.05, 0.1) is 0 Å². The molecule has 5 heteroatoms. The van der Waals surface area contributed by atoms with Gasteiger partial charge in [-0.15, -0.1) is 0 Å². The lowest BCUT2D eigenvalue weighted by atomic mass is 9.99. The summed E-state index contributed by atoms with van der Waals surface area (Å²) in [5.41, 5.74) is 2.09. The van der Waals surface area contributed by atoms with Crippen LogP contribution in [0.15, 0.2) is 24.3 Å². The van der Waals surface area contributed by atoms with Gasteiger partial charge in [0.25, 0.3) is 0 Å². The number of nitrogens with one attached hydrogen (secondary N) is 1. The number of rotatable bonds is 5. The van der Waals surface area contributed by atoms with Gasteiger partial charge in [0.15, 0.2) is 6.10 Å². The molecule has 0 saturated carbocycles. The van der Waals surface area contributed by atoms with E-state index in [0.29, 0.717) is 5.92 Å². The molecule has 0 saturated heterocycles. The minimum absolute atomic E-state index is 0.238. The second-order valence-corrected chi connectivity index (χ2v) is 5.01. The summed E-state index contributed by atoms with van der Waals surface area (Å²) in [4.78, 5) is 0. The highest BCUT2D eigenvalue weighted by molar-refractivity contribution is 5.26. The van der Waals surface area contributed by atoms with Crippen molar-refractivity contribution in [2.45, 2.75) is 45.0 Å². The summed E-state index contributed by atoms with van der Waals surface area (Å²) in [5, 5.41) is 11.6. The smallest absolute Gasteiger partial charge is 0.382 e. The summed E-state index contributed by atoms with van der Waals surface area (Å²) in [6.07, 6.45) is -6.90. The Balaban J connectivity index is 2.56. The van der Waals surface area contributed by atoms with Crippen LogP contribution in [0.1, 0.15) is 43.9 Å². The highest BCUT2D eigenvalue weighted by atomic mass is 19.4. The Hall–Kier alpha value is -1.07. The van der Waals surface area contributed by atoms with Gasteiger partial charge >= 0.3 is 6.18 Å². The second-order valence-electron chi connectivity index (χ2n) is 5.01. The third-order valence-corrected chi connectivity index (χ3v) is 3.10. The average molecular weight is 275 g/mol. The fourth-order valence-electron chi connectivity index (χ4n) is 1.69. The molecule has 0 spiro atoms. The van der Waals surface area contributed by atoms with Crippen molar-refractivity contribution in [1.82, 2.24) is 5.32 Å². The number of aliphatic hydroxyl groups excluding tert-OH is 1. The Morgan fingerprint density at radius 1 is 1.05 bits per heavy atom. The zero-order valence-corrected chi connectivity index (χ0v) is 11.3. The third-order valence-electron chi connectivity index (χ3n) is 3.10. The van der Waals surface area contributed by atoms with Gasteiger partial charge in [-0.25, -0.2) is 0 Å². The monoisotopic (exact) mass is 275 g/mol. The summed E-state index contributed by atoms with van der Waals surface area (Å²) in [7, 11) is 0. The molecule has 0 amide bonds. The van der Waals surface area contributed by atoms with E-state index in [9.17, 15) is 13.2 Å². The SMILES string of the molecule is CC(C)c1ccc(C(C)NCC(O)C(F)(F)F)cc1. The van der Waals surface area contributed by atoms with Gasteiger partial charge in [-0.1, -0.05) is 38.1 Å². The van der Waals surface area contributed by atoms with Crippen LogP contribution in [0.4, 0.5) is 13.2 Å². The molecule has 2 N–H and O–H groups in total. The molecule has 1 aromatic rings. The molecule has 0 bridgehead atoms. The minimum atomic E-state index is -4.58. The van der Waals surface area contributed by atoms with Crippen molar-refractivity contribution in [1.29, 1.82) is 0 Å². The largest absolute Gasteiger partial charge is 0.415 e. The third kappa shape index (κ3) is 4.84. The number of hydrogen-bond acceptors (Lipinski definition) is 2. The molecule has 0 aliphatic carbocycles.